The number of hydrogen-bond donors (Lipinski definition) is 2. The number of para-hydroxylation sites is 1. The third kappa shape index (κ3) is 1.72. The van der Waals surface area contributed by atoms with Crippen molar-refractivity contribution < 1.29 is 4.79 Å². The van der Waals surface area contributed by atoms with Crippen LogP contribution in [-0.4, -0.2) is 37.6 Å². The predicted molar refractivity (Wildman–Crippen MR) is 71.6 cm³/mol. The smallest absolute Gasteiger partial charge is 0.139 e. The quantitative estimate of drug-likeness (QED) is 0.755. The lowest BCUT2D eigenvalue weighted by atomic mass is 9.81. The molecule has 0 amide bonds. The minimum atomic E-state index is -0.0557. The van der Waals surface area contributed by atoms with Crippen molar-refractivity contribution in [3.63, 3.8) is 0 Å². The molecule has 0 aromatic heterocycles. The SMILES string of the molecule is O=CC1NCN(c2ccccc2)C12CCNCC2. The molecule has 0 radical (unpaired) electrons. The van der Waals surface area contributed by atoms with Crippen molar-refractivity contribution in [1.29, 1.82) is 0 Å². The van der Waals surface area contributed by atoms with Gasteiger partial charge in [0, 0.05) is 5.69 Å². The van der Waals surface area contributed by atoms with Crippen LogP contribution in [-0.2, 0) is 4.79 Å². The summed E-state index contributed by atoms with van der Waals surface area (Å²) >= 11 is 0. The highest BCUT2D eigenvalue weighted by molar-refractivity contribution is 5.66. The van der Waals surface area contributed by atoms with Gasteiger partial charge >= 0.3 is 0 Å². The number of anilines is 1. The number of nitrogens with zero attached hydrogens (tertiary/aromatic N) is 1. The Morgan fingerprint density at radius 2 is 1.94 bits per heavy atom. The molecule has 2 saturated heterocycles. The van der Waals surface area contributed by atoms with Crippen LogP contribution in [0.1, 0.15) is 12.8 Å². The lowest BCUT2D eigenvalue weighted by Crippen LogP contribution is -2.58. The summed E-state index contributed by atoms with van der Waals surface area (Å²) in [7, 11) is 0. The number of aldehydes is 1. The number of hydrogen-bond acceptors (Lipinski definition) is 4. The Kier molecular flexibility index (Phi) is 3.06. The second kappa shape index (κ2) is 4.71. The Balaban J connectivity index is 1.96. The van der Waals surface area contributed by atoms with Gasteiger partial charge in [-0.1, -0.05) is 18.2 Å². The summed E-state index contributed by atoms with van der Waals surface area (Å²) in [5.74, 6) is 0. The Labute approximate surface area is 107 Å². The summed E-state index contributed by atoms with van der Waals surface area (Å²) in [6.45, 7) is 2.72. The van der Waals surface area contributed by atoms with Crippen LogP contribution in [0.2, 0.25) is 0 Å². The van der Waals surface area contributed by atoms with E-state index in [4.69, 9.17) is 0 Å². The Hall–Kier alpha value is -1.39. The van der Waals surface area contributed by atoms with Crippen LogP contribution >= 0.6 is 0 Å². The number of carbonyl (C=O) groups is 1. The number of nitrogens with one attached hydrogen (secondary N) is 2. The lowest BCUT2D eigenvalue weighted by molar-refractivity contribution is -0.110. The molecule has 1 unspecified atom stereocenters. The fourth-order valence-corrected chi connectivity index (χ4v) is 3.28. The number of piperidine rings is 1. The van der Waals surface area contributed by atoms with Crippen molar-refractivity contribution in [2.75, 3.05) is 24.7 Å². The molecule has 2 heterocycles. The second-order valence-corrected chi connectivity index (χ2v) is 5.09. The van der Waals surface area contributed by atoms with E-state index in [1.807, 2.05) is 6.07 Å². The van der Waals surface area contributed by atoms with Crippen LogP contribution in [0.3, 0.4) is 0 Å². The lowest BCUT2D eigenvalue weighted by Gasteiger charge is -2.44. The molecule has 0 saturated carbocycles. The van der Waals surface area contributed by atoms with E-state index in [-0.39, 0.29) is 11.6 Å². The molecule has 2 N–H and O–H groups in total. The van der Waals surface area contributed by atoms with Crippen molar-refractivity contribution in [2.45, 2.75) is 24.4 Å². The van der Waals surface area contributed by atoms with Crippen LogP contribution < -0.4 is 15.5 Å². The molecule has 96 valence electrons. The van der Waals surface area contributed by atoms with Crippen LogP contribution in [0.5, 0.6) is 0 Å². The average Bonchev–Trinajstić information content (AvgIpc) is 2.78. The highest BCUT2D eigenvalue weighted by atomic mass is 16.1. The minimum Gasteiger partial charge on any atom is -0.351 e. The first kappa shape index (κ1) is 11.7. The van der Waals surface area contributed by atoms with Gasteiger partial charge in [0.1, 0.15) is 6.29 Å². The van der Waals surface area contributed by atoms with Crippen molar-refractivity contribution in [2.24, 2.45) is 0 Å². The zero-order valence-corrected chi connectivity index (χ0v) is 10.4. The third-order valence-electron chi connectivity index (χ3n) is 4.26. The highest BCUT2D eigenvalue weighted by Gasteiger charge is 2.49. The van der Waals surface area contributed by atoms with E-state index in [1.54, 1.807) is 0 Å². The molecule has 1 aromatic rings. The Morgan fingerprint density at radius 1 is 1.22 bits per heavy atom. The van der Waals surface area contributed by atoms with Gasteiger partial charge in [-0.25, -0.2) is 0 Å². The summed E-state index contributed by atoms with van der Waals surface area (Å²) in [4.78, 5) is 13.7. The molecule has 1 atom stereocenters. The van der Waals surface area contributed by atoms with Gasteiger partial charge in [0.15, 0.2) is 0 Å². The summed E-state index contributed by atoms with van der Waals surface area (Å²) in [5, 5.41) is 6.73. The summed E-state index contributed by atoms with van der Waals surface area (Å²) in [6, 6.07) is 10.3. The van der Waals surface area contributed by atoms with Gasteiger partial charge < -0.3 is 15.0 Å². The summed E-state index contributed by atoms with van der Waals surface area (Å²) < 4.78 is 0. The van der Waals surface area contributed by atoms with Gasteiger partial charge in [-0.3, -0.25) is 5.32 Å². The first-order valence-corrected chi connectivity index (χ1v) is 6.59. The van der Waals surface area contributed by atoms with E-state index >= 15 is 0 Å². The Bertz CT molecular complexity index is 414. The molecule has 0 bridgehead atoms. The van der Waals surface area contributed by atoms with Gasteiger partial charge in [0.05, 0.1) is 18.2 Å². The topological polar surface area (TPSA) is 44.4 Å². The third-order valence-corrected chi connectivity index (χ3v) is 4.26. The molecular formula is C14H19N3O. The number of rotatable bonds is 2. The van der Waals surface area contributed by atoms with E-state index in [9.17, 15) is 4.79 Å². The van der Waals surface area contributed by atoms with Gasteiger partial charge in [0.2, 0.25) is 0 Å². The van der Waals surface area contributed by atoms with Gasteiger partial charge in [0.25, 0.3) is 0 Å². The normalized spacial score (nSPS) is 26.4. The van der Waals surface area contributed by atoms with Crippen molar-refractivity contribution in [3.05, 3.63) is 30.3 Å². The zero-order valence-electron chi connectivity index (χ0n) is 10.4. The maximum atomic E-state index is 11.3. The van der Waals surface area contributed by atoms with Gasteiger partial charge in [-0.05, 0) is 38.1 Å². The molecule has 0 aliphatic carbocycles. The molecular weight excluding hydrogens is 226 g/mol. The van der Waals surface area contributed by atoms with E-state index in [0.29, 0.717) is 0 Å². The van der Waals surface area contributed by atoms with Crippen LogP contribution in [0.15, 0.2) is 30.3 Å². The highest BCUT2D eigenvalue weighted by Crippen LogP contribution is 2.36. The average molecular weight is 245 g/mol. The predicted octanol–water partition coefficient (Wildman–Crippen LogP) is 0.743. The first-order valence-electron chi connectivity index (χ1n) is 6.59. The molecule has 1 aromatic carbocycles. The molecule has 2 aliphatic rings. The standard InChI is InChI=1S/C14H19N3O/c18-10-13-14(6-8-15-9-7-14)17(11-16-13)12-4-2-1-3-5-12/h1-5,10,13,15-16H,6-9,11H2. The second-order valence-electron chi connectivity index (χ2n) is 5.09. The number of benzene rings is 1. The van der Waals surface area contributed by atoms with Crippen molar-refractivity contribution in [3.8, 4) is 0 Å². The largest absolute Gasteiger partial charge is 0.351 e. The van der Waals surface area contributed by atoms with E-state index < -0.39 is 0 Å². The minimum absolute atomic E-state index is 0.0473. The molecule has 4 nitrogen and oxygen atoms in total. The van der Waals surface area contributed by atoms with Gasteiger partial charge in [-0.15, -0.1) is 0 Å². The van der Waals surface area contributed by atoms with E-state index in [0.717, 1.165) is 38.9 Å². The van der Waals surface area contributed by atoms with E-state index in [2.05, 4.69) is 39.8 Å². The van der Waals surface area contributed by atoms with Crippen molar-refractivity contribution >= 4 is 12.0 Å². The molecule has 18 heavy (non-hydrogen) atoms. The molecule has 3 rings (SSSR count). The maximum absolute atomic E-state index is 11.3. The van der Waals surface area contributed by atoms with Gasteiger partial charge in [-0.2, -0.15) is 0 Å². The fraction of sp³-hybridized carbons (Fsp3) is 0.500. The summed E-state index contributed by atoms with van der Waals surface area (Å²) in [6.07, 6.45) is 3.10. The number of carbonyl (C=O) groups excluding carboxylic acids is 1. The van der Waals surface area contributed by atoms with E-state index in [1.165, 1.54) is 5.69 Å². The fourth-order valence-electron chi connectivity index (χ4n) is 3.28. The molecule has 2 fully saturated rings. The summed E-state index contributed by atoms with van der Waals surface area (Å²) in [5.41, 5.74) is 1.16. The van der Waals surface area contributed by atoms with Crippen LogP contribution in [0.4, 0.5) is 5.69 Å². The zero-order chi connectivity index (χ0) is 12.4. The van der Waals surface area contributed by atoms with Crippen LogP contribution in [0.25, 0.3) is 0 Å². The monoisotopic (exact) mass is 245 g/mol. The Morgan fingerprint density at radius 3 is 2.61 bits per heavy atom. The first-order chi connectivity index (χ1) is 8.87. The maximum Gasteiger partial charge on any atom is 0.139 e. The van der Waals surface area contributed by atoms with Crippen LogP contribution in [0, 0.1) is 0 Å². The molecule has 2 aliphatic heterocycles. The molecule has 1 spiro atoms. The van der Waals surface area contributed by atoms with Crippen molar-refractivity contribution in [1.82, 2.24) is 10.6 Å². The molecule has 4 heteroatoms.